The van der Waals surface area contributed by atoms with Crippen LogP contribution in [-0.2, 0) is 4.79 Å². The van der Waals surface area contributed by atoms with Crippen LogP contribution in [-0.4, -0.2) is 22.3 Å². The van der Waals surface area contributed by atoms with E-state index in [1.54, 1.807) is 37.5 Å². The van der Waals surface area contributed by atoms with E-state index in [1.165, 1.54) is 17.8 Å². The lowest BCUT2D eigenvalue weighted by Crippen LogP contribution is -2.17. The summed E-state index contributed by atoms with van der Waals surface area (Å²) in [6.07, 6.45) is 1.59. The smallest absolute Gasteiger partial charge is 0.283 e. The molecule has 26 heavy (non-hydrogen) atoms. The number of carbonyl (C=O) groups is 1. The maximum atomic E-state index is 11.7. The predicted molar refractivity (Wildman–Crippen MR) is 107 cm³/mol. The van der Waals surface area contributed by atoms with Gasteiger partial charge in [0.2, 0.25) is 0 Å². The van der Waals surface area contributed by atoms with Gasteiger partial charge in [0.15, 0.2) is 0 Å². The van der Waals surface area contributed by atoms with Crippen molar-refractivity contribution in [2.45, 2.75) is 9.79 Å². The molecule has 0 aliphatic carbocycles. The topological polar surface area (TPSA) is 81.5 Å². The summed E-state index contributed by atoms with van der Waals surface area (Å²) in [7, 11) is 1.58. The summed E-state index contributed by atoms with van der Waals surface area (Å²) in [6.45, 7) is 0. The largest absolute Gasteiger partial charge is 0.497 e. The lowest BCUT2D eigenvalue weighted by molar-refractivity contribution is -0.387. The van der Waals surface area contributed by atoms with Gasteiger partial charge in [-0.05, 0) is 42.0 Å². The third kappa shape index (κ3) is 4.24. The van der Waals surface area contributed by atoms with Crippen LogP contribution in [0.1, 0.15) is 5.56 Å². The zero-order valence-corrected chi connectivity index (χ0v) is 15.9. The Morgan fingerprint density at radius 1 is 1.27 bits per heavy atom. The number of nitrogens with zero attached hydrogens (tertiary/aromatic N) is 1. The fourth-order valence-electron chi connectivity index (χ4n) is 2.20. The molecule has 132 valence electrons. The molecule has 1 fully saturated rings. The van der Waals surface area contributed by atoms with Gasteiger partial charge in [0.25, 0.3) is 11.6 Å². The Labute approximate surface area is 163 Å². The molecular formula is C17H12N2O4S3. The Morgan fingerprint density at radius 3 is 2.58 bits per heavy atom. The quantitative estimate of drug-likeness (QED) is 0.345. The third-order valence-electron chi connectivity index (χ3n) is 3.41. The minimum atomic E-state index is -0.430. The van der Waals surface area contributed by atoms with E-state index >= 15 is 0 Å². The van der Waals surface area contributed by atoms with Gasteiger partial charge in [-0.2, -0.15) is 0 Å². The molecule has 1 aliphatic heterocycles. The van der Waals surface area contributed by atoms with Crippen LogP contribution in [0.4, 0.5) is 5.69 Å². The van der Waals surface area contributed by atoms with Gasteiger partial charge in [0, 0.05) is 11.0 Å². The third-order valence-corrected chi connectivity index (χ3v) is 5.64. The van der Waals surface area contributed by atoms with Gasteiger partial charge in [-0.1, -0.05) is 41.8 Å². The van der Waals surface area contributed by atoms with E-state index in [0.29, 0.717) is 19.7 Å². The molecule has 0 radical (unpaired) electrons. The van der Waals surface area contributed by atoms with Crippen molar-refractivity contribution in [1.82, 2.24) is 5.32 Å². The van der Waals surface area contributed by atoms with Crippen molar-refractivity contribution in [2.75, 3.05) is 7.11 Å². The number of nitro groups is 1. The van der Waals surface area contributed by atoms with Crippen molar-refractivity contribution in [1.29, 1.82) is 0 Å². The Balaban J connectivity index is 1.89. The molecule has 0 unspecified atom stereocenters. The second-order valence-corrected chi connectivity index (χ2v) is 7.95. The van der Waals surface area contributed by atoms with Crippen molar-refractivity contribution in [3.63, 3.8) is 0 Å². The summed E-state index contributed by atoms with van der Waals surface area (Å²) in [4.78, 5) is 24.6. The number of benzene rings is 2. The van der Waals surface area contributed by atoms with Crippen molar-refractivity contribution in [3.05, 3.63) is 63.0 Å². The molecule has 0 atom stereocenters. The van der Waals surface area contributed by atoms with Crippen molar-refractivity contribution in [3.8, 4) is 5.75 Å². The monoisotopic (exact) mass is 404 g/mol. The highest BCUT2D eigenvalue weighted by atomic mass is 32.2. The van der Waals surface area contributed by atoms with Crippen molar-refractivity contribution in [2.24, 2.45) is 0 Å². The number of nitrogens with one attached hydrogen (secondary N) is 1. The second-order valence-electron chi connectivity index (χ2n) is 5.11. The lowest BCUT2D eigenvalue weighted by Gasteiger charge is -2.05. The predicted octanol–water partition coefficient (Wildman–Crippen LogP) is 4.24. The highest BCUT2D eigenvalue weighted by molar-refractivity contribution is 8.26. The molecule has 1 N–H and O–H groups in total. The zero-order valence-electron chi connectivity index (χ0n) is 13.4. The maximum absolute atomic E-state index is 11.7. The molecule has 1 saturated heterocycles. The standard InChI is InChI=1S/C17H12N2O4S3/c1-23-11-3-5-12(6-4-11)25-14-7-2-10(8-13(14)19(21)22)9-15-16(20)18-17(24)26-15/h2-9H,1H3,(H,18,20,24)/b15-9-. The van der Waals surface area contributed by atoms with Crippen molar-refractivity contribution < 1.29 is 14.5 Å². The first-order chi connectivity index (χ1) is 12.5. The maximum Gasteiger partial charge on any atom is 0.283 e. The first kappa shape index (κ1) is 18.4. The molecule has 0 aromatic heterocycles. The average Bonchev–Trinajstić information content (AvgIpc) is 2.94. The van der Waals surface area contributed by atoms with Gasteiger partial charge in [0.1, 0.15) is 10.1 Å². The van der Waals surface area contributed by atoms with Crippen LogP contribution in [0.5, 0.6) is 5.75 Å². The van der Waals surface area contributed by atoms with Gasteiger partial charge in [0.05, 0.1) is 21.8 Å². The number of nitro benzene ring substituents is 1. The van der Waals surface area contributed by atoms with Crippen LogP contribution < -0.4 is 10.1 Å². The van der Waals surface area contributed by atoms with E-state index in [2.05, 4.69) is 5.32 Å². The Hall–Kier alpha value is -2.36. The van der Waals surface area contributed by atoms with E-state index in [-0.39, 0.29) is 11.6 Å². The van der Waals surface area contributed by atoms with E-state index in [9.17, 15) is 14.9 Å². The summed E-state index contributed by atoms with van der Waals surface area (Å²) >= 11 is 7.37. The normalized spacial score (nSPS) is 15.2. The van der Waals surface area contributed by atoms with Crippen LogP contribution >= 0.6 is 35.7 Å². The summed E-state index contributed by atoms with van der Waals surface area (Å²) in [5, 5.41) is 14.0. The average molecular weight is 404 g/mol. The molecule has 0 spiro atoms. The summed E-state index contributed by atoms with van der Waals surface area (Å²) in [5.41, 5.74) is 0.546. The molecule has 1 aliphatic rings. The van der Waals surface area contributed by atoms with Gasteiger partial charge in [-0.15, -0.1) is 0 Å². The van der Waals surface area contributed by atoms with Crippen LogP contribution in [0.25, 0.3) is 6.08 Å². The summed E-state index contributed by atoms with van der Waals surface area (Å²) in [6, 6.07) is 12.1. The van der Waals surface area contributed by atoms with E-state index in [1.807, 2.05) is 12.1 Å². The number of hydrogen-bond donors (Lipinski definition) is 1. The first-order valence-electron chi connectivity index (χ1n) is 7.31. The number of carbonyl (C=O) groups excluding carboxylic acids is 1. The van der Waals surface area contributed by atoms with Crippen molar-refractivity contribution >= 4 is 57.7 Å². The van der Waals surface area contributed by atoms with Gasteiger partial charge < -0.3 is 10.1 Å². The number of thioether (sulfide) groups is 1. The first-order valence-corrected chi connectivity index (χ1v) is 9.35. The van der Waals surface area contributed by atoms with Gasteiger partial charge in [-0.3, -0.25) is 14.9 Å². The Bertz CT molecular complexity index is 926. The SMILES string of the molecule is COc1ccc(Sc2ccc(/C=C3\SC(=S)NC3=O)cc2[N+](=O)[O-])cc1. The minimum Gasteiger partial charge on any atom is -0.497 e. The molecule has 2 aromatic carbocycles. The fraction of sp³-hybridized carbons (Fsp3) is 0.0588. The zero-order chi connectivity index (χ0) is 18.7. The van der Waals surface area contributed by atoms with Gasteiger partial charge in [-0.25, -0.2) is 0 Å². The Morgan fingerprint density at radius 2 is 2.00 bits per heavy atom. The minimum absolute atomic E-state index is 0.0221. The fourth-order valence-corrected chi connectivity index (χ4v) is 4.14. The number of hydrogen-bond acceptors (Lipinski definition) is 7. The molecule has 9 heteroatoms. The number of ether oxygens (including phenoxy) is 1. The molecule has 0 bridgehead atoms. The second kappa shape index (κ2) is 7.90. The van der Waals surface area contributed by atoms with Gasteiger partial charge >= 0.3 is 0 Å². The van der Waals surface area contributed by atoms with E-state index in [4.69, 9.17) is 17.0 Å². The molecular weight excluding hydrogens is 392 g/mol. The van der Waals surface area contributed by atoms with E-state index in [0.717, 1.165) is 22.4 Å². The van der Waals surface area contributed by atoms with E-state index < -0.39 is 4.92 Å². The molecule has 0 saturated carbocycles. The Kier molecular flexibility index (Phi) is 5.60. The highest BCUT2D eigenvalue weighted by Gasteiger charge is 2.23. The molecule has 6 nitrogen and oxygen atoms in total. The molecule has 2 aromatic rings. The number of methoxy groups -OCH3 is 1. The number of amides is 1. The summed E-state index contributed by atoms with van der Waals surface area (Å²) in [5.74, 6) is 0.426. The lowest BCUT2D eigenvalue weighted by atomic mass is 10.2. The molecule has 1 amide bonds. The van der Waals surface area contributed by atoms with Crippen LogP contribution in [0.3, 0.4) is 0 Å². The molecule has 1 heterocycles. The summed E-state index contributed by atoms with van der Waals surface area (Å²) < 4.78 is 5.49. The number of thiocarbonyl (C=S) groups is 1. The van der Waals surface area contributed by atoms with Crippen LogP contribution in [0.15, 0.2) is 57.2 Å². The number of rotatable bonds is 5. The highest BCUT2D eigenvalue weighted by Crippen LogP contribution is 2.37. The van der Waals surface area contributed by atoms with Crippen LogP contribution in [0.2, 0.25) is 0 Å². The van der Waals surface area contributed by atoms with Crippen LogP contribution in [0, 0.1) is 10.1 Å². The molecule has 3 rings (SSSR count).